The number of benzene rings is 2. The molecule has 0 aliphatic carbocycles. The normalized spacial score (nSPS) is 11.4. The average Bonchev–Trinajstić information content (AvgIpc) is 2.61. The summed E-state index contributed by atoms with van der Waals surface area (Å²) in [6, 6.07) is 16.0. The Bertz CT molecular complexity index is 936. The Hall–Kier alpha value is -2.94. The smallest absolute Gasteiger partial charge is 0.248 e. The number of aryl methyl sites for hydroxylation is 1. The SMILES string of the molecule is Cc1cccc(C(C)C)c1NC(=O)/C=C/c1cccc2cccnc12. The van der Waals surface area contributed by atoms with Gasteiger partial charge in [-0.1, -0.05) is 56.3 Å². The predicted molar refractivity (Wildman–Crippen MR) is 105 cm³/mol. The summed E-state index contributed by atoms with van der Waals surface area (Å²) >= 11 is 0. The molecule has 0 saturated carbocycles. The van der Waals surface area contributed by atoms with Crippen molar-refractivity contribution in [2.45, 2.75) is 26.7 Å². The maximum Gasteiger partial charge on any atom is 0.248 e. The molecule has 0 radical (unpaired) electrons. The molecule has 3 aromatic rings. The van der Waals surface area contributed by atoms with Crippen LogP contribution in [0.2, 0.25) is 0 Å². The fourth-order valence-corrected chi connectivity index (χ4v) is 2.93. The van der Waals surface area contributed by atoms with Gasteiger partial charge in [-0.15, -0.1) is 0 Å². The standard InChI is InChI=1S/C22H22N2O/c1-15(2)19-11-4-7-16(3)21(19)24-20(25)13-12-18-9-5-8-17-10-6-14-23-22(17)18/h4-15H,1-3H3,(H,24,25)/b13-12+. The van der Waals surface area contributed by atoms with E-state index in [4.69, 9.17) is 0 Å². The topological polar surface area (TPSA) is 42.0 Å². The minimum atomic E-state index is -0.135. The summed E-state index contributed by atoms with van der Waals surface area (Å²) in [7, 11) is 0. The number of nitrogens with zero attached hydrogens (tertiary/aromatic N) is 1. The van der Waals surface area contributed by atoms with Gasteiger partial charge in [-0.3, -0.25) is 9.78 Å². The first-order chi connectivity index (χ1) is 12.1. The van der Waals surface area contributed by atoms with Crippen molar-refractivity contribution < 1.29 is 4.79 Å². The molecule has 2 aromatic carbocycles. The fourth-order valence-electron chi connectivity index (χ4n) is 2.93. The molecule has 0 fully saturated rings. The van der Waals surface area contributed by atoms with Crippen molar-refractivity contribution in [1.29, 1.82) is 0 Å². The first kappa shape index (κ1) is 16.9. The number of hydrogen-bond donors (Lipinski definition) is 1. The van der Waals surface area contributed by atoms with Crippen LogP contribution in [0.1, 0.15) is 36.5 Å². The van der Waals surface area contributed by atoms with Crippen molar-refractivity contribution >= 4 is 28.6 Å². The zero-order valence-electron chi connectivity index (χ0n) is 14.8. The van der Waals surface area contributed by atoms with E-state index in [-0.39, 0.29) is 5.91 Å². The minimum Gasteiger partial charge on any atom is -0.322 e. The van der Waals surface area contributed by atoms with E-state index < -0.39 is 0 Å². The molecular weight excluding hydrogens is 308 g/mol. The first-order valence-corrected chi connectivity index (χ1v) is 8.48. The monoisotopic (exact) mass is 330 g/mol. The largest absolute Gasteiger partial charge is 0.322 e. The van der Waals surface area contributed by atoms with Crippen LogP contribution in [0, 0.1) is 6.92 Å². The van der Waals surface area contributed by atoms with E-state index in [2.05, 4.69) is 30.2 Å². The van der Waals surface area contributed by atoms with Gasteiger partial charge in [0.1, 0.15) is 0 Å². The van der Waals surface area contributed by atoms with Gasteiger partial charge in [0.05, 0.1) is 5.52 Å². The number of fused-ring (bicyclic) bond motifs is 1. The quantitative estimate of drug-likeness (QED) is 0.658. The molecule has 0 unspecified atom stereocenters. The lowest BCUT2D eigenvalue weighted by Crippen LogP contribution is -2.11. The Balaban J connectivity index is 1.85. The number of carbonyl (C=O) groups is 1. The number of rotatable bonds is 4. The van der Waals surface area contributed by atoms with Gasteiger partial charge >= 0.3 is 0 Å². The van der Waals surface area contributed by atoms with Crippen LogP contribution in [0.15, 0.2) is 60.8 Å². The van der Waals surface area contributed by atoms with E-state index in [9.17, 15) is 4.79 Å². The van der Waals surface area contributed by atoms with E-state index in [1.54, 1.807) is 12.3 Å². The van der Waals surface area contributed by atoms with Gasteiger partial charge in [0, 0.05) is 28.9 Å². The molecule has 0 bridgehead atoms. The summed E-state index contributed by atoms with van der Waals surface area (Å²) in [4.78, 5) is 16.8. The van der Waals surface area contributed by atoms with Gasteiger partial charge < -0.3 is 5.32 Å². The van der Waals surface area contributed by atoms with E-state index in [0.29, 0.717) is 5.92 Å². The minimum absolute atomic E-state index is 0.135. The van der Waals surface area contributed by atoms with Gasteiger partial charge in [0.25, 0.3) is 0 Å². The third-order valence-electron chi connectivity index (χ3n) is 4.25. The van der Waals surface area contributed by atoms with Crippen LogP contribution >= 0.6 is 0 Å². The molecule has 25 heavy (non-hydrogen) atoms. The first-order valence-electron chi connectivity index (χ1n) is 8.48. The lowest BCUT2D eigenvalue weighted by molar-refractivity contribution is -0.111. The number of amides is 1. The Morgan fingerprint density at radius 2 is 1.84 bits per heavy atom. The van der Waals surface area contributed by atoms with Crippen LogP contribution < -0.4 is 5.32 Å². The second kappa shape index (κ2) is 7.31. The van der Waals surface area contributed by atoms with Crippen LogP contribution in [0.4, 0.5) is 5.69 Å². The molecule has 126 valence electrons. The molecule has 1 N–H and O–H groups in total. The lowest BCUT2D eigenvalue weighted by atomic mass is 9.98. The van der Waals surface area contributed by atoms with Crippen molar-refractivity contribution in [3.63, 3.8) is 0 Å². The van der Waals surface area contributed by atoms with Gasteiger partial charge in [0.2, 0.25) is 5.91 Å². The number of hydrogen-bond acceptors (Lipinski definition) is 2. The van der Waals surface area contributed by atoms with Crippen molar-refractivity contribution in [3.05, 3.63) is 77.5 Å². The number of anilines is 1. The Labute approximate surface area is 148 Å². The molecule has 1 amide bonds. The lowest BCUT2D eigenvalue weighted by Gasteiger charge is -2.15. The predicted octanol–water partition coefficient (Wildman–Crippen LogP) is 5.32. The highest BCUT2D eigenvalue weighted by atomic mass is 16.1. The highest BCUT2D eigenvalue weighted by molar-refractivity contribution is 6.04. The summed E-state index contributed by atoms with van der Waals surface area (Å²) in [5, 5.41) is 4.09. The number of nitrogens with one attached hydrogen (secondary N) is 1. The molecule has 3 heteroatoms. The zero-order valence-corrected chi connectivity index (χ0v) is 14.8. The summed E-state index contributed by atoms with van der Waals surface area (Å²) in [6.07, 6.45) is 5.15. The summed E-state index contributed by atoms with van der Waals surface area (Å²) in [6.45, 7) is 6.27. The molecule has 1 heterocycles. The molecule has 0 spiro atoms. The van der Waals surface area contributed by atoms with Gasteiger partial charge in [-0.2, -0.15) is 0 Å². The zero-order chi connectivity index (χ0) is 17.8. The molecular formula is C22H22N2O. The van der Waals surface area contributed by atoms with E-state index in [0.717, 1.165) is 33.3 Å². The van der Waals surface area contributed by atoms with E-state index in [1.807, 2.05) is 55.5 Å². The van der Waals surface area contributed by atoms with Crippen LogP contribution in [0.3, 0.4) is 0 Å². The van der Waals surface area contributed by atoms with Gasteiger partial charge in [0.15, 0.2) is 0 Å². The van der Waals surface area contributed by atoms with Crippen molar-refractivity contribution in [1.82, 2.24) is 4.98 Å². The van der Waals surface area contributed by atoms with Crippen LogP contribution in [-0.4, -0.2) is 10.9 Å². The number of para-hydroxylation sites is 2. The molecule has 0 atom stereocenters. The van der Waals surface area contributed by atoms with Crippen molar-refractivity contribution in [3.8, 4) is 0 Å². The molecule has 0 aliphatic heterocycles. The fraction of sp³-hybridized carbons (Fsp3) is 0.182. The highest BCUT2D eigenvalue weighted by Crippen LogP contribution is 2.27. The van der Waals surface area contributed by atoms with Gasteiger partial charge in [-0.25, -0.2) is 0 Å². The van der Waals surface area contributed by atoms with Crippen LogP contribution in [0.5, 0.6) is 0 Å². The molecule has 0 saturated heterocycles. The summed E-state index contributed by atoms with van der Waals surface area (Å²) < 4.78 is 0. The third kappa shape index (κ3) is 3.77. The second-order valence-corrected chi connectivity index (χ2v) is 6.44. The van der Waals surface area contributed by atoms with Crippen molar-refractivity contribution in [2.24, 2.45) is 0 Å². The molecule has 3 rings (SSSR count). The van der Waals surface area contributed by atoms with E-state index in [1.165, 1.54) is 0 Å². The maximum atomic E-state index is 12.4. The summed E-state index contributed by atoms with van der Waals surface area (Å²) in [5.41, 5.74) is 4.95. The van der Waals surface area contributed by atoms with E-state index >= 15 is 0 Å². The van der Waals surface area contributed by atoms with Gasteiger partial charge in [-0.05, 0) is 36.1 Å². The number of carbonyl (C=O) groups excluding carboxylic acids is 1. The maximum absolute atomic E-state index is 12.4. The Morgan fingerprint density at radius 1 is 1.08 bits per heavy atom. The number of pyridine rings is 1. The van der Waals surface area contributed by atoms with Crippen LogP contribution in [-0.2, 0) is 4.79 Å². The van der Waals surface area contributed by atoms with Crippen LogP contribution in [0.25, 0.3) is 17.0 Å². The Morgan fingerprint density at radius 3 is 2.64 bits per heavy atom. The third-order valence-corrected chi connectivity index (χ3v) is 4.25. The second-order valence-electron chi connectivity index (χ2n) is 6.44. The average molecular weight is 330 g/mol. The Kier molecular flexibility index (Phi) is 4.94. The molecule has 1 aromatic heterocycles. The highest BCUT2D eigenvalue weighted by Gasteiger charge is 2.10. The summed E-state index contributed by atoms with van der Waals surface area (Å²) in [5.74, 6) is 0.214. The van der Waals surface area contributed by atoms with Crippen molar-refractivity contribution in [2.75, 3.05) is 5.32 Å². The molecule has 3 nitrogen and oxygen atoms in total. The molecule has 0 aliphatic rings. The number of aromatic nitrogens is 1.